The number of rotatable bonds is 9. The third-order valence-corrected chi connectivity index (χ3v) is 7.25. The van der Waals surface area contributed by atoms with Crippen LogP contribution in [0.25, 0.3) is 22.7 Å². The fourth-order valence-corrected chi connectivity index (χ4v) is 5.22. The zero-order chi connectivity index (χ0) is 26.6. The minimum absolute atomic E-state index is 0.254. The first-order chi connectivity index (χ1) is 19.1. The molecular formula is C30H29N5O4. The maximum atomic E-state index is 11.0. The van der Waals surface area contributed by atoms with Gasteiger partial charge in [0.1, 0.15) is 12.4 Å². The number of carbonyl (C=O) groups is 1. The normalized spacial score (nSPS) is 17.2. The summed E-state index contributed by atoms with van der Waals surface area (Å²) < 4.78 is 11.8. The maximum absolute atomic E-state index is 11.0. The Labute approximate surface area is 225 Å². The molecule has 5 aromatic rings. The molecule has 3 N–H and O–H groups in total. The number of H-pyrrole nitrogens is 1. The van der Waals surface area contributed by atoms with Gasteiger partial charge < -0.3 is 24.6 Å². The summed E-state index contributed by atoms with van der Waals surface area (Å²) in [6.45, 7) is 0.481. The molecule has 0 atom stereocenters. The molecule has 2 aromatic heterocycles. The molecular weight excluding hydrogens is 494 g/mol. The van der Waals surface area contributed by atoms with Crippen molar-refractivity contribution < 1.29 is 19.1 Å². The molecule has 1 aliphatic carbocycles. The zero-order valence-electron chi connectivity index (χ0n) is 21.3. The Hall–Kier alpha value is -4.66. The molecule has 0 aliphatic heterocycles. The first-order valence-corrected chi connectivity index (χ1v) is 13.2. The number of carboxylic acids is 1. The standard InChI is InChI=1S/C30H29N5O4/c36-27(37)15-19-9-11-21(12-10-19)22-13-14-25-26(16-22)33-28(32-25)29-34-35-30(39-29)31-23-7-4-8-24(17-23)38-18-20-5-2-1-3-6-20/h1-8,13-14,16-17,19,21H,9-12,15,18H2,(H,31,35)(H,32,33)(H,36,37)/t19-,21-. The van der Waals surface area contributed by atoms with Gasteiger partial charge in [0.2, 0.25) is 0 Å². The minimum Gasteiger partial charge on any atom is -0.489 e. The molecule has 1 fully saturated rings. The lowest BCUT2D eigenvalue weighted by Crippen LogP contribution is -2.16. The Balaban J connectivity index is 1.11. The third kappa shape index (κ3) is 5.93. The van der Waals surface area contributed by atoms with Crippen LogP contribution in [0.5, 0.6) is 5.75 Å². The molecule has 198 valence electrons. The molecule has 1 aliphatic rings. The molecule has 0 saturated heterocycles. The molecule has 1 saturated carbocycles. The van der Waals surface area contributed by atoms with Gasteiger partial charge in [0, 0.05) is 18.2 Å². The summed E-state index contributed by atoms with van der Waals surface area (Å²) in [6.07, 6.45) is 4.15. The zero-order valence-corrected chi connectivity index (χ0v) is 21.3. The van der Waals surface area contributed by atoms with Crippen molar-refractivity contribution in [3.8, 4) is 17.5 Å². The molecule has 0 unspecified atom stereocenters. The summed E-state index contributed by atoms with van der Waals surface area (Å²) >= 11 is 0. The number of carboxylic acid groups (broad SMARTS) is 1. The lowest BCUT2D eigenvalue weighted by molar-refractivity contribution is -0.138. The van der Waals surface area contributed by atoms with Crippen molar-refractivity contribution in [3.63, 3.8) is 0 Å². The highest BCUT2D eigenvalue weighted by molar-refractivity contribution is 5.79. The van der Waals surface area contributed by atoms with E-state index in [1.54, 1.807) is 0 Å². The predicted octanol–water partition coefficient (Wildman–Crippen LogP) is 6.68. The van der Waals surface area contributed by atoms with E-state index in [0.717, 1.165) is 53.7 Å². The SMILES string of the molecule is O=C(O)C[C@H]1CC[C@H](c2ccc3[nH]c(-c4nnc(Nc5cccc(OCc6ccccc6)c5)o4)nc3c2)CC1. The Morgan fingerprint density at radius 2 is 1.85 bits per heavy atom. The Morgan fingerprint density at radius 3 is 2.67 bits per heavy atom. The van der Waals surface area contributed by atoms with Crippen LogP contribution in [0.2, 0.25) is 0 Å². The Bertz CT molecular complexity index is 1570. The third-order valence-electron chi connectivity index (χ3n) is 7.25. The van der Waals surface area contributed by atoms with Crippen LogP contribution < -0.4 is 10.1 Å². The van der Waals surface area contributed by atoms with Crippen LogP contribution in [-0.4, -0.2) is 31.2 Å². The van der Waals surface area contributed by atoms with Gasteiger partial charge in [-0.05, 0) is 72.9 Å². The topological polar surface area (TPSA) is 126 Å². The molecule has 0 radical (unpaired) electrons. The van der Waals surface area contributed by atoms with Gasteiger partial charge in [-0.1, -0.05) is 47.6 Å². The number of ether oxygens (including phenoxy) is 1. The highest BCUT2D eigenvalue weighted by Crippen LogP contribution is 2.38. The van der Waals surface area contributed by atoms with E-state index in [9.17, 15) is 4.79 Å². The van der Waals surface area contributed by atoms with Crippen LogP contribution >= 0.6 is 0 Å². The quantitative estimate of drug-likeness (QED) is 0.195. The van der Waals surface area contributed by atoms with Gasteiger partial charge in [0.15, 0.2) is 5.82 Å². The number of aromatic amines is 1. The average Bonchev–Trinajstić information content (AvgIpc) is 3.59. The van der Waals surface area contributed by atoms with Crippen LogP contribution in [0.1, 0.15) is 49.1 Å². The number of aromatic nitrogens is 4. The van der Waals surface area contributed by atoms with Gasteiger partial charge in [-0.2, -0.15) is 0 Å². The summed E-state index contributed by atoms with van der Waals surface area (Å²) in [5.41, 5.74) is 4.83. The van der Waals surface area contributed by atoms with E-state index in [-0.39, 0.29) is 18.4 Å². The minimum atomic E-state index is -0.704. The van der Waals surface area contributed by atoms with Crippen LogP contribution in [0, 0.1) is 5.92 Å². The van der Waals surface area contributed by atoms with Crippen molar-refractivity contribution in [3.05, 3.63) is 83.9 Å². The molecule has 0 bridgehead atoms. The number of nitrogens with zero attached hydrogens (tertiary/aromatic N) is 3. The van der Waals surface area contributed by atoms with Crippen molar-refractivity contribution >= 4 is 28.7 Å². The van der Waals surface area contributed by atoms with E-state index in [4.69, 9.17) is 19.2 Å². The summed E-state index contributed by atoms with van der Waals surface area (Å²) in [5.74, 6) is 1.53. The van der Waals surface area contributed by atoms with Crippen molar-refractivity contribution in [2.24, 2.45) is 5.92 Å². The van der Waals surface area contributed by atoms with Crippen molar-refractivity contribution in [1.82, 2.24) is 20.2 Å². The van der Waals surface area contributed by atoms with E-state index in [0.29, 0.717) is 24.2 Å². The van der Waals surface area contributed by atoms with Gasteiger partial charge in [-0.15, -0.1) is 5.10 Å². The number of hydrogen-bond donors (Lipinski definition) is 3. The second-order valence-corrected chi connectivity index (χ2v) is 10.0. The summed E-state index contributed by atoms with van der Waals surface area (Å²) in [4.78, 5) is 19.0. The number of fused-ring (bicyclic) bond motifs is 1. The van der Waals surface area contributed by atoms with Crippen molar-refractivity contribution in [2.75, 3.05) is 5.32 Å². The number of benzene rings is 3. The molecule has 6 rings (SSSR count). The Kier molecular flexibility index (Phi) is 6.95. The van der Waals surface area contributed by atoms with E-state index < -0.39 is 5.97 Å². The van der Waals surface area contributed by atoms with Gasteiger partial charge in [0.25, 0.3) is 5.89 Å². The second kappa shape index (κ2) is 11.0. The highest BCUT2D eigenvalue weighted by atomic mass is 16.5. The van der Waals surface area contributed by atoms with Crippen LogP contribution in [-0.2, 0) is 11.4 Å². The number of hydrogen-bond acceptors (Lipinski definition) is 7. The molecule has 2 heterocycles. The Morgan fingerprint density at radius 1 is 1.00 bits per heavy atom. The largest absolute Gasteiger partial charge is 0.489 e. The van der Waals surface area contributed by atoms with Crippen molar-refractivity contribution in [2.45, 2.75) is 44.6 Å². The maximum Gasteiger partial charge on any atom is 0.320 e. The molecule has 9 nitrogen and oxygen atoms in total. The molecule has 3 aromatic carbocycles. The lowest BCUT2D eigenvalue weighted by atomic mass is 9.77. The molecule has 9 heteroatoms. The van der Waals surface area contributed by atoms with E-state index in [1.165, 1.54) is 5.56 Å². The molecule has 0 spiro atoms. The fraction of sp³-hybridized carbons (Fsp3) is 0.267. The lowest BCUT2D eigenvalue weighted by Gasteiger charge is -2.27. The average molecular weight is 524 g/mol. The van der Waals surface area contributed by atoms with Gasteiger partial charge in [0.05, 0.1) is 11.0 Å². The predicted molar refractivity (Wildman–Crippen MR) is 147 cm³/mol. The van der Waals surface area contributed by atoms with Crippen molar-refractivity contribution in [1.29, 1.82) is 0 Å². The first-order valence-electron chi connectivity index (χ1n) is 13.2. The molecule has 39 heavy (non-hydrogen) atoms. The number of imidazole rings is 1. The van der Waals surface area contributed by atoms with Crippen LogP contribution in [0.4, 0.5) is 11.7 Å². The number of anilines is 2. The number of aliphatic carboxylic acids is 1. The van der Waals surface area contributed by atoms with E-state index >= 15 is 0 Å². The summed E-state index contributed by atoms with van der Waals surface area (Å²) in [6, 6.07) is 24.1. The first kappa shape index (κ1) is 24.7. The summed E-state index contributed by atoms with van der Waals surface area (Å²) in [7, 11) is 0. The van der Waals surface area contributed by atoms with E-state index in [2.05, 4.69) is 32.6 Å². The fourth-order valence-electron chi connectivity index (χ4n) is 5.22. The second-order valence-electron chi connectivity index (χ2n) is 10.0. The number of nitrogens with one attached hydrogen (secondary N) is 2. The summed E-state index contributed by atoms with van der Waals surface area (Å²) in [5, 5.41) is 20.5. The smallest absolute Gasteiger partial charge is 0.320 e. The van der Waals surface area contributed by atoms with Gasteiger partial charge in [-0.3, -0.25) is 4.79 Å². The highest BCUT2D eigenvalue weighted by Gasteiger charge is 2.24. The van der Waals surface area contributed by atoms with Gasteiger partial charge >= 0.3 is 12.0 Å². The monoisotopic (exact) mass is 523 g/mol. The van der Waals surface area contributed by atoms with E-state index in [1.807, 2.05) is 60.7 Å². The molecule has 0 amide bonds. The van der Waals surface area contributed by atoms with Crippen LogP contribution in [0.15, 0.2) is 77.2 Å². The van der Waals surface area contributed by atoms with Crippen LogP contribution in [0.3, 0.4) is 0 Å². The van der Waals surface area contributed by atoms with Gasteiger partial charge in [-0.25, -0.2) is 4.98 Å².